The average Bonchev–Trinajstić information content (AvgIpc) is 3.00. The number of rotatable bonds is 4. The Balaban J connectivity index is 2.58. The molecule has 1 heterocycles. The Morgan fingerprint density at radius 3 is 2.20 bits per heavy atom. The van der Waals surface area contributed by atoms with E-state index in [4.69, 9.17) is 11.6 Å². The summed E-state index contributed by atoms with van der Waals surface area (Å²) in [5.41, 5.74) is 1.34. The predicted octanol–water partition coefficient (Wildman–Crippen LogP) is 2.70. The summed E-state index contributed by atoms with van der Waals surface area (Å²) in [4.78, 5) is 28.3. The highest BCUT2D eigenvalue weighted by molar-refractivity contribution is 7.89. The summed E-state index contributed by atoms with van der Waals surface area (Å²) in [6, 6.07) is 5.98. The maximum absolute atomic E-state index is 12.9. The van der Waals surface area contributed by atoms with Gasteiger partial charge in [-0.2, -0.15) is 13.4 Å². The van der Waals surface area contributed by atoms with Gasteiger partial charge in [0, 0.05) is 19.2 Å². The van der Waals surface area contributed by atoms with Crippen LogP contribution in [0.3, 0.4) is 0 Å². The van der Waals surface area contributed by atoms with Crippen LogP contribution < -0.4 is 5.01 Å². The van der Waals surface area contributed by atoms with Gasteiger partial charge in [-0.05, 0) is 19.1 Å². The van der Waals surface area contributed by atoms with E-state index in [-0.39, 0.29) is 15.9 Å². The fourth-order valence-electron chi connectivity index (χ4n) is 2.02. The highest BCUT2D eigenvalue weighted by Crippen LogP contribution is 2.27. The molecule has 1 aromatic carbocycles. The standard InChI is InChI=1S/C15H16ClN3O4S2/c1-10-4-6-14(7-5-10)25(22,23)19(12(3)21)18(11(2)20)15-17-13(8-16)9-24-15/h4-7,9H,8H2,1-3H3. The first kappa shape index (κ1) is 19.4. The molecule has 0 bridgehead atoms. The molecular weight excluding hydrogens is 386 g/mol. The first-order valence-electron chi connectivity index (χ1n) is 7.12. The van der Waals surface area contributed by atoms with Crippen LogP contribution in [-0.2, 0) is 25.5 Å². The van der Waals surface area contributed by atoms with Crippen LogP contribution in [0, 0.1) is 6.92 Å². The second-order valence-corrected chi connectivity index (χ2v) is 8.04. The minimum atomic E-state index is -4.28. The molecule has 0 saturated carbocycles. The zero-order valence-electron chi connectivity index (χ0n) is 13.8. The van der Waals surface area contributed by atoms with Crippen LogP contribution in [0.4, 0.5) is 5.13 Å². The first-order chi connectivity index (χ1) is 11.7. The summed E-state index contributed by atoms with van der Waals surface area (Å²) >= 11 is 6.73. The summed E-state index contributed by atoms with van der Waals surface area (Å²) in [6.45, 7) is 4.03. The number of aromatic nitrogens is 1. The van der Waals surface area contributed by atoms with E-state index >= 15 is 0 Å². The Bertz CT molecular complexity index is 894. The van der Waals surface area contributed by atoms with Crippen molar-refractivity contribution in [1.82, 2.24) is 9.40 Å². The smallest absolute Gasteiger partial charge is 0.273 e. The number of anilines is 1. The topological polar surface area (TPSA) is 87.7 Å². The molecule has 0 spiro atoms. The number of amides is 2. The maximum Gasteiger partial charge on any atom is 0.284 e. The monoisotopic (exact) mass is 401 g/mol. The van der Waals surface area contributed by atoms with Crippen molar-refractivity contribution in [3.63, 3.8) is 0 Å². The van der Waals surface area contributed by atoms with E-state index in [1.807, 2.05) is 6.92 Å². The fraction of sp³-hybridized carbons (Fsp3) is 0.267. The molecule has 0 unspecified atom stereocenters. The van der Waals surface area contributed by atoms with E-state index in [0.29, 0.717) is 10.1 Å². The Hall–Kier alpha value is -1.97. The van der Waals surface area contributed by atoms with Gasteiger partial charge >= 0.3 is 0 Å². The molecular formula is C15H16ClN3O4S2. The van der Waals surface area contributed by atoms with Crippen molar-refractivity contribution in [2.24, 2.45) is 0 Å². The van der Waals surface area contributed by atoms with Crippen LogP contribution >= 0.6 is 22.9 Å². The summed E-state index contributed by atoms with van der Waals surface area (Å²) in [5.74, 6) is -1.40. The molecule has 0 aliphatic heterocycles. The highest BCUT2D eigenvalue weighted by atomic mass is 35.5. The first-order valence-corrected chi connectivity index (χ1v) is 9.97. The largest absolute Gasteiger partial charge is 0.284 e. The van der Waals surface area contributed by atoms with Crippen molar-refractivity contribution >= 4 is 49.9 Å². The van der Waals surface area contributed by atoms with Gasteiger partial charge in [-0.25, -0.2) is 4.98 Å². The van der Waals surface area contributed by atoms with Crippen LogP contribution in [0.2, 0.25) is 0 Å². The zero-order valence-corrected chi connectivity index (χ0v) is 16.2. The molecule has 10 heteroatoms. The highest BCUT2D eigenvalue weighted by Gasteiger charge is 2.36. The molecule has 0 atom stereocenters. The van der Waals surface area contributed by atoms with Crippen LogP contribution in [0.25, 0.3) is 0 Å². The van der Waals surface area contributed by atoms with Crippen molar-refractivity contribution < 1.29 is 18.0 Å². The second-order valence-electron chi connectivity index (χ2n) is 5.17. The predicted molar refractivity (Wildman–Crippen MR) is 95.7 cm³/mol. The van der Waals surface area contributed by atoms with Crippen molar-refractivity contribution in [3.8, 4) is 0 Å². The molecule has 0 aliphatic rings. The van der Waals surface area contributed by atoms with Gasteiger partial charge in [0.2, 0.25) is 11.0 Å². The number of halogens is 1. The number of hydrogen-bond acceptors (Lipinski definition) is 6. The van der Waals surface area contributed by atoms with Crippen molar-refractivity contribution in [2.75, 3.05) is 5.01 Å². The molecule has 2 amide bonds. The molecule has 1 aromatic heterocycles. The third-order valence-electron chi connectivity index (χ3n) is 3.15. The Morgan fingerprint density at radius 2 is 1.76 bits per heavy atom. The van der Waals surface area contributed by atoms with E-state index in [1.165, 1.54) is 12.1 Å². The summed E-state index contributed by atoms with van der Waals surface area (Å²) in [6.07, 6.45) is 0. The molecule has 0 fully saturated rings. The SMILES string of the molecule is CC(=O)N(c1nc(CCl)cs1)N(C(C)=O)S(=O)(=O)c1ccc(C)cc1. The molecule has 0 radical (unpaired) electrons. The zero-order chi connectivity index (χ0) is 18.8. The quantitative estimate of drug-likeness (QED) is 0.580. The van der Waals surface area contributed by atoms with Crippen molar-refractivity contribution in [3.05, 3.63) is 40.9 Å². The number of nitrogens with zero attached hydrogens (tertiary/aromatic N) is 3. The minimum Gasteiger partial charge on any atom is -0.273 e. The number of hydrazine groups is 1. The maximum atomic E-state index is 12.9. The van der Waals surface area contributed by atoms with Gasteiger partial charge in [-0.1, -0.05) is 17.7 Å². The average molecular weight is 402 g/mol. The number of thiazole rings is 1. The molecule has 7 nitrogen and oxygen atoms in total. The Labute approximate surface area is 154 Å². The summed E-state index contributed by atoms with van der Waals surface area (Å²) in [5, 5.41) is 2.39. The molecule has 2 aromatic rings. The lowest BCUT2D eigenvalue weighted by molar-refractivity contribution is -0.129. The van der Waals surface area contributed by atoms with Gasteiger partial charge in [0.05, 0.1) is 16.5 Å². The van der Waals surface area contributed by atoms with Gasteiger partial charge in [0.15, 0.2) is 0 Å². The Morgan fingerprint density at radius 1 is 1.16 bits per heavy atom. The molecule has 2 rings (SSSR count). The lowest BCUT2D eigenvalue weighted by atomic mass is 10.2. The number of alkyl halides is 1. The lowest BCUT2D eigenvalue weighted by Crippen LogP contribution is -2.51. The van der Waals surface area contributed by atoms with Gasteiger partial charge < -0.3 is 0 Å². The van der Waals surface area contributed by atoms with Crippen molar-refractivity contribution in [1.29, 1.82) is 0 Å². The number of aryl methyl sites for hydroxylation is 1. The molecule has 0 saturated heterocycles. The van der Waals surface area contributed by atoms with E-state index in [1.54, 1.807) is 17.5 Å². The summed E-state index contributed by atoms with van der Waals surface area (Å²) in [7, 11) is -4.28. The third kappa shape index (κ3) is 4.00. The normalized spacial score (nSPS) is 11.2. The van der Waals surface area contributed by atoms with Crippen molar-refractivity contribution in [2.45, 2.75) is 31.5 Å². The Kier molecular flexibility index (Phi) is 5.81. The lowest BCUT2D eigenvalue weighted by Gasteiger charge is -2.30. The minimum absolute atomic E-state index is 0.0500. The van der Waals surface area contributed by atoms with E-state index in [9.17, 15) is 18.0 Å². The van der Waals surface area contributed by atoms with Gasteiger partial charge in [-0.15, -0.1) is 27.4 Å². The second kappa shape index (κ2) is 7.51. The van der Waals surface area contributed by atoms with Gasteiger partial charge in [-0.3, -0.25) is 9.59 Å². The van der Waals surface area contributed by atoms with E-state index in [2.05, 4.69) is 4.98 Å². The van der Waals surface area contributed by atoms with Crippen LogP contribution in [0.5, 0.6) is 0 Å². The third-order valence-corrected chi connectivity index (χ3v) is 6.04. The van der Waals surface area contributed by atoms with Crippen LogP contribution in [0.1, 0.15) is 25.1 Å². The van der Waals surface area contributed by atoms with E-state index in [0.717, 1.165) is 35.8 Å². The molecule has 134 valence electrons. The number of benzene rings is 1. The molecule has 0 N–H and O–H groups in total. The van der Waals surface area contributed by atoms with E-state index < -0.39 is 21.8 Å². The van der Waals surface area contributed by atoms with Crippen LogP contribution in [0.15, 0.2) is 34.5 Å². The number of sulfonamides is 1. The molecule has 25 heavy (non-hydrogen) atoms. The molecule has 0 aliphatic carbocycles. The van der Waals surface area contributed by atoms with Crippen LogP contribution in [-0.4, -0.2) is 29.6 Å². The number of carbonyl (C=O) groups is 2. The summed E-state index contributed by atoms with van der Waals surface area (Å²) < 4.78 is 26.3. The number of carbonyl (C=O) groups excluding carboxylic acids is 2. The fourth-order valence-corrected chi connectivity index (χ4v) is 4.59. The van der Waals surface area contributed by atoms with Gasteiger partial charge in [0.25, 0.3) is 15.9 Å². The number of hydrogen-bond donors (Lipinski definition) is 0. The van der Waals surface area contributed by atoms with Gasteiger partial charge in [0.1, 0.15) is 0 Å².